The topological polar surface area (TPSA) is 86.2 Å². The van der Waals surface area contributed by atoms with E-state index in [2.05, 4.69) is 17.1 Å². The van der Waals surface area contributed by atoms with Gasteiger partial charge in [0, 0.05) is 35.5 Å². The third-order valence-corrected chi connectivity index (χ3v) is 5.41. The van der Waals surface area contributed by atoms with Gasteiger partial charge in [0.05, 0.1) is 16.7 Å². The van der Waals surface area contributed by atoms with E-state index in [0.717, 1.165) is 50.2 Å². The second kappa shape index (κ2) is 7.65. The summed E-state index contributed by atoms with van der Waals surface area (Å²) in [5, 5.41) is 5.88. The molecule has 0 radical (unpaired) electrons. The first kappa shape index (κ1) is 18.9. The normalized spacial score (nSPS) is 11.3. The molecule has 4 aromatic heterocycles. The Labute approximate surface area is 179 Å². The summed E-state index contributed by atoms with van der Waals surface area (Å²) in [6.45, 7) is 1.98. The number of rotatable bonds is 5. The lowest BCUT2D eigenvalue weighted by molar-refractivity contribution is -0.117. The van der Waals surface area contributed by atoms with Gasteiger partial charge in [-0.1, -0.05) is 24.3 Å². The third-order valence-electron chi connectivity index (χ3n) is 5.41. The van der Waals surface area contributed by atoms with Crippen LogP contribution < -0.4 is 5.73 Å². The van der Waals surface area contributed by atoms with Crippen LogP contribution in [-0.4, -0.2) is 25.5 Å². The number of benzene rings is 1. The molecule has 31 heavy (non-hydrogen) atoms. The van der Waals surface area contributed by atoms with Crippen molar-refractivity contribution in [1.29, 1.82) is 0 Å². The fourth-order valence-corrected chi connectivity index (χ4v) is 3.95. The van der Waals surface area contributed by atoms with Gasteiger partial charge in [-0.05, 0) is 60.9 Å². The molecule has 6 heteroatoms. The standard InChI is InChI=1S/C25H21N5O/c1-16-5-4-6-20(28-16)25-24(22-7-2-3-14-30(22)29-25)19-12-13-27-21-15-17(8-10-18(19)21)9-11-23(26)31/h2-8,10,12-15H,9,11H2,1H3,(H2,26,31). The minimum atomic E-state index is -0.302. The molecule has 0 unspecified atom stereocenters. The number of aromatic nitrogens is 4. The predicted octanol–water partition coefficient (Wildman–Crippen LogP) is 4.34. The zero-order chi connectivity index (χ0) is 21.4. The fraction of sp³-hybridized carbons (Fsp3) is 0.120. The van der Waals surface area contributed by atoms with Crippen molar-refractivity contribution in [3.8, 4) is 22.5 Å². The zero-order valence-electron chi connectivity index (χ0n) is 17.1. The number of hydrogen-bond donors (Lipinski definition) is 1. The smallest absolute Gasteiger partial charge is 0.217 e. The first-order valence-electron chi connectivity index (χ1n) is 10.2. The van der Waals surface area contributed by atoms with E-state index < -0.39 is 0 Å². The van der Waals surface area contributed by atoms with Gasteiger partial charge < -0.3 is 5.73 Å². The summed E-state index contributed by atoms with van der Waals surface area (Å²) in [5.74, 6) is -0.302. The highest BCUT2D eigenvalue weighted by Gasteiger charge is 2.19. The quantitative estimate of drug-likeness (QED) is 0.470. The average molecular weight is 407 g/mol. The number of carbonyl (C=O) groups excluding carboxylic acids is 1. The monoisotopic (exact) mass is 407 g/mol. The molecule has 0 saturated carbocycles. The number of primary amides is 1. The van der Waals surface area contributed by atoms with E-state index in [0.29, 0.717) is 12.8 Å². The molecule has 1 amide bonds. The Morgan fingerprint density at radius 3 is 2.81 bits per heavy atom. The van der Waals surface area contributed by atoms with Crippen LogP contribution in [0.5, 0.6) is 0 Å². The van der Waals surface area contributed by atoms with Crippen LogP contribution in [0, 0.1) is 6.92 Å². The SMILES string of the molecule is Cc1cccc(-c2nn3ccccc3c2-c2ccnc3cc(CCC(N)=O)ccc23)n1. The highest BCUT2D eigenvalue weighted by Crippen LogP contribution is 2.38. The van der Waals surface area contributed by atoms with Crippen LogP contribution in [0.15, 0.2) is 73.1 Å². The molecule has 5 rings (SSSR count). The minimum absolute atomic E-state index is 0.302. The largest absolute Gasteiger partial charge is 0.370 e. The number of aryl methyl sites for hydroxylation is 2. The van der Waals surface area contributed by atoms with E-state index in [9.17, 15) is 4.79 Å². The summed E-state index contributed by atoms with van der Waals surface area (Å²) in [6.07, 6.45) is 4.69. The average Bonchev–Trinajstić information content (AvgIpc) is 3.16. The van der Waals surface area contributed by atoms with Crippen molar-refractivity contribution in [3.63, 3.8) is 0 Å². The van der Waals surface area contributed by atoms with Gasteiger partial charge in [0.2, 0.25) is 5.91 Å². The maximum absolute atomic E-state index is 11.2. The summed E-state index contributed by atoms with van der Waals surface area (Å²) in [6, 6.07) is 20.2. The first-order chi connectivity index (χ1) is 15.1. The molecule has 0 saturated heterocycles. The zero-order valence-corrected chi connectivity index (χ0v) is 17.1. The molecule has 0 atom stereocenters. The third kappa shape index (κ3) is 3.53. The summed E-state index contributed by atoms with van der Waals surface area (Å²) < 4.78 is 1.89. The van der Waals surface area contributed by atoms with E-state index >= 15 is 0 Å². The van der Waals surface area contributed by atoms with Gasteiger partial charge in [0.25, 0.3) is 0 Å². The Morgan fingerprint density at radius 1 is 1.06 bits per heavy atom. The van der Waals surface area contributed by atoms with Crippen molar-refractivity contribution in [1.82, 2.24) is 19.6 Å². The highest BCUT2D eigenvalue weighted by atomic mass is 16.1. The van der Waals surface area contributed by atoms with Crippen LogP contribution in [0.4, 0.5) is 0 Å². The van der Waals surface area contributed by atoms with Crippen LogP contribution in [-0.2, 0) is 11.2 Å². The molecule has 0 aliphatic heterocycles. The molecule has 0 aliphatic rings. The Hall–Kier alpha value is -4.06. The minimum Gasteiger partial charge on any atom is -0.370 e. The van der Waals surface area contributed by atoms with Gasteiger partial charge in [-0.25, -0.2) is 4.52 Å². The lowest BCUT2D eigenvalue weighted by Crippen LogP contribution is -2.11. The van der Waals surface area contributed by atoms with Crippen molar-refractivity contribution < 1.29 is 4.79 Å². The number of nitrogens with two attached hydrogens (primary N) is 1. The van der Waals surface area contributed by atoms with Crippen LogP contribution in [0.2, 0.25) is 0 Å². The lowest BCUT2D eigenvalue weighted by atomic mass is 9.97. The molecule has 5 aromatic rings. The highest BCUT2D eigenvalue weighted by molar-refractivity contribution is 6.03. The summed E-state index contributed by atoms with van der Waals surface area (Å²) in [5.41, 5.74) is 12.9. The van der Waals surface area contributed by atoms with Crippen molar-refractivity contribution in [2.24, 2.45) is 5.73 Å². The molecule has 0 spiro atoms. The number of amides is 1. The Balaban J connectivity index is 1.74. The Bertz CT molecular complexity index is 1440. The molecule has 0 fully saturated rings. The molecule has 6 nitrogen and oxygen atoms in total. The van der Waals surface area contributed by atoms with E-state index in [1.807, 2.05) is 72.4 Å². The predicted molar refractivity (Wildman–Crippen MR) is 121 cm³/mol. The van der Waals surface area contributed by atoms with Crippen LogP contribution >= 0.6 is 0 Å². The van der Waals surface area contributed by atoms with Gasteiger partial charge in [-0.15, -0.1) is 0 Å². The molecule has 152 valence electrons. The van der Waals surface area contributed by atoms with Gasteiger partial charge in [-0.2, -0.15) is 5.10 Å². The summed E-state index contributed by atoms with van der Waals surface area (Å²) >= 11 is 0. The van der Waals surface area contributed by atoms with Crippen molar-refractivity contribution in [3.05, 3.63) is 84.3 Å². The fourth-order valence-electron chi connectivity index (χ4n) is 3.95. The van der Waals surface area contributed by atoms with E-state index in [4.69, 9.17) is 15.8 Å². The Morgan fingerprint density at radius 2 is 1.97 bits per heavy atom. The Kier molecular flexibility index (Phi) is 4.67. The second-order valence-electron chi connectivity index (χ2n) is 7.59. The van der Waals surface area contributed by atoms with Crippen molar-refractivity contribution in [2.75, 3.05) is 0 Å². The van der Waals surface area contributed by atoms with Crippen LogP contribution in [0.3, 0.4) is 0 Å². The summed E-state index contributed by atoms with van der Waals surface area (Å²) in [4.78, 5) is 20.5. The maximum Gasteiger partial charge on any atom is 0.217 e. The molecule has 1 aromatic carbocycles. The van der Waals surface area contributed by atoms with Crippen molar-refractivity contribution in [2.45, 2.75) is 19.8 Å². The van der Waals surface area contributed by atoms with E-state index in [-0.39, 0.29) is 5.91 Å². The molecule has 0 bridgehead atoms. The number of nitrogens with zero attached hydrogens (tertiary/aromatic N) is 4. The van der Waals surface area contributed by atoms with Crippen molar-refractivity contribution >= 4 is 22.3 Å². The molecule has 0 aliphatic carbocycles. The number of pyridine rings is 3. The van der Waals surface area contributed by atoms with Crippen LogP contribution in [0.25, 0.3) is 38.9 Å². The number of fused-ring (bicyclic) bond motifs is 2. The van der Waals surface area contributed by atoms with E-state index in [1.165, 1.54) is 0 Å². The molecular weight excluding hydrogens is 386 g/mol. The van der Waals surface area contributed by atoms with Crippen LogP contribution in [0.1, 0.15) is 17.7 Å². The summed E-state index contributed by atoms with van der Waals surface area (Å²) in [7, 11) is 0. The maximum atomic E-state index is 11.2. The second-order valence-corrected chi connectivity index (χ2v) is 7.59. The van der Waals surface area contributed by atoms with Gasteiger partial charge in [0.1, 0.15) is 5.69 Å². The molecule has 4 heterocycles. The number of hydrogen-bond acceptors (Lipinski definition) is 4. The lowest BCUT2D eigenvalue weighted by Gasteiger charge is -2.09. The van der Waals surface area contributed by atoms with Gasteiger partial charge >= 0.3 is 0 Å². The van der Waals surface area contributed by atoms with Gasteiger partial charge in [-0.3, -0.25) is 14.8 Å². The van der Waals surface area contributed by atoms with E-state index in [1.54, 1.807) is 0 Å². The molecule has 2 N–H and O–H groups in total. The van der Waals surface area contributed by atoms with Gasteiger partial charge in [0.15, 0.2) is 0 Å². The first-order valence-corrected chi connectivity index (χ1v) is 10.2. The number of carbonyl (C=O) groups is 1. The molecular formula is C25H21N5O.